The number of hydrogen-bond acceptors (Lipinski definition) is 7. The quantitative estimate of drug-likeness (QED) is 0.396. The average molecular weight is 525 g/mol. The molecule has 0 spiro atoms. The Morgan fingerprint density at radius 1 is 0.784 bits per heavy atom. The summed E-state index contributed by atoms with van der Waals surface area (Å²) in [6, 6.07) is 29.2. The number of rotatable bonds is 10. The molecule has 2 saturated heterocycles. The van der Waals surface area contributed by atoms with E-state index in [-0.39, 0.29) is 12.4 Å². The highest BCUT2D eigenvalue weighted by Gasteiger charge is 2.51. The van der Waals surface area contributed by atoms with Crippen molar-refractivity contribution in [3.8, 4) is 0 Å². The Morgan fingerprint density at radius 2 is 1.35 bits per heavy atom. The molecule has 37 heavy (non-hydrogen) atoms. The molecule has 2 fully saturated rings. The minimum absolute atomic E-state index is 0.210. The molecule has 2 unspecified atom stereocenters. The van der Waals surface area contributed by atoms with Gasteiger partial charge >= 0.3 is 0 Å². The van der Waals surface area contributed by atoms with Gasteiger partial charge in [0.25, 0.3) is 0 Å². The largest absolute Gasteiger partial charge is 0.368 e. The number of fused-ring (bicyclic) bond motifs is 1. The SMILES string of the molecule is CO[C@@H]1O[C@@H]2COC(CS(=O)c3ccccc3)O[C@H]2[C@H](OCc2ccccc2)[C@H]1OCc1ccccc1. The fourth-order valence-corrected chi connectivity index (χ4v) is 5.64. The van der Waals surface area contributed by atoms with E-state index in [0.29, 0.717) is 13.2 Å². The molecule has 3 aromatic rings. The van der Waals surface area contributed by atoms with E-state index in [1.165, 1.54) is 0 Å². The van der Waals surface area contributed by atoms with Crippen molar-refractivity contribution in [2.45, 2.75) is 55.1 Å². The first-order valence-electron chi connectivity index (χ1n) is 12.4. The summed E-state index contributed by atoms with van der Waals surface area (Å²) >= 11 is 0. The van der Waals surface area contributed by atoms with Crippen LogP contribution in [0.15, 0.2) is 95.9 Å². The summed E-state index contributed by atoms with van der Waals surface area (Å²) in [6.07, 6.45) is -3.26. The molecule has 196 valence electrons. The maximum absolute atomic E-state index is 12.9. The van der Waals surface area contributed by atoms with Gasteiger partial charge in [0.1, 0.15) is 24.4 Å². The summed E-state index contributed by atoms with van der Waals surface area (Å²) in [4.78, 5) is 0.733. The fourth-order valence-electron chi connectivity index (χ4n) is 4.56. The third-order valence-electron chi connectivity index (χ3n) is 6.44. The summed E-state index contributed by atoms with van der Waals surface area (Å²) in [5, 5.41) is 0. The van der Waals surface area contributed by atoms with E-state index < -0.39 is 47.8 Å². The number of methoxy groups -OCH3 is 1. The molecule has 7 atom stereocenters. The lowest BCUT2D eigenvalue weighted by molar-refractivity contribution is -0.363. The van der Waals surface area contributed by atoms with Crippen LogP contribution in [0.4, 0.5) is 0 Å². The molecule has 0 radical (unpaired) electrons. The van der Waals surface area contributed by atoms with Gasteiger partial charge in [-0.2, -0.15) is 0 Å². The standard InChI is InChI=1S/C29H32O7S/c1-31-29-28(34-18-22-13-7-3-8-14-22)27(33-17-21-11-5-2-6-12-21)26-24(35-29)19-32-25(36-26)20-37(30)23-15-9-4-10-16-23/h2-16,24-29H,17-20H2,1H3/t24-,25?,26-,27+,28-,29-,37?/m1/s1. The van der Waals surface area contributed by atoms with E-state index in [1.54, 1.807) is 7.11 Å². The first-order chi connectivity index (χ1) is 18.2. The lowest BCUT2D eigenvalue weighted by Gasteiger charge is -2.48. The number of benzene rings is 3. The van der Waals surface area contributed by atoms with Crippen molar-refractivity contribution in [2.75, 3.05) is 19.5 Å². The van der Waals surface area contributed by atoms with Gasteiger partial charge in [-0.1, -0.05) is 78.9 Å². The van der Waals surface area contributed by atoms with Gasteiger partial charge in [-0.05, 0) is 23.3 Å². The monoisotopic (exact) mass is 524 g/mol. The molecule has 0 amide bonds. The topological polar surface area (TPSA) is 72.5 Å². The Bertz CT molecular complexity index is 1110. The Hall–Kier alpha value is -2.43. The molecular formula is C29H32O7S. The highest BCUT2D eigenvalue weighted by Crippen LogP contribution is 2.33. The molecule has 0 bridgehead atoms. The first-order valence-corrected chi connectivity index (χ1v) is 13.7. The van der Waals surface area contributed by atoms with E-state index in [9.17, 15) is 4.21 Å². The predicted octanol–water partition coefficient (Wildman–Crippen LogP) is 4.08. The summed E-state index contributed by atoms with van der Waals surface area (Å²) in [5.74, 6) is 0.210. The number of hydrogen-bond donors (Lipinski definition) is 0. The molecule has 2 aliphatic rings. The summed E-state index contributed by atoms with van der Waals surface area (Å²) in [7, 11) is 0.321. The second-order valence-corrected chi connectivity index (χ2v) is 10.5. The van der Waals surface area contributed by atoms with E-state index in [1.807, 2.05) is 91.0 Å². The van der Waals surface area contributed by atoms with Crippen LogP contribution >= 0.6 is 0 Å². The van der Waals surface area contributed by atoms with Gasteiger partial charge in [-0.3, -0.25) is 4.21 Å². The van der Waals surface area contributed by atoms with Gasteiger partial charge < -0.3 is 28.4 Å². The van der Waals surface area contributed by atoms with E-state index >= 15 is 0 Å². The third-order valence-corrected chi connectivity index (χ3v) is 7.82. The fraction of sp³-hybridized carbons (Fsp3) is 0.379. The van der Waals surface area contributed by atoms with Crippen LogP contribution < -0.4 is 0 Å². The average Bonchev–Trinajstić information content (AvgIpc) is 2.96. The highest BCUT2D eigenvalue weighted by atomic mass is 32.2. The molecule has 3 aromatic carbocycles. The van der Waals surface area contributed by atoms with Crippen molar-refractivity contribution in [2.24, 2.45) is 0 Å². The minimum Gasteiger partial charge on any atom is -0.368 e. The molecule has 0 aliphatic carbocycles. The lowest BCUT2D eigenvalue weighted by atomic mass is 9.97. The molecule has 0 aromatic heterocycles. The minimum atomic E-state index is -1.27. The van der Waals surface area contributed by atoms with Gasteiger partial charge in [-0.25, -0.2) is 0 Å². The third kappa shape index (κ3) is 6.72. The molecular weight excluding hydrogens is 492 g/mol. The normalized spacial score (nSPS) is 28.4. The molecule has 2 aliphatic heterocycles. The zero-order chi connectivity index (χ0) is 25.5. The van der Waals surface area contributed by atoms with E-state index in [2.05, 4.69) is 0 Å². The number of ether oxygens (including phenoxy) is 6. The first kappa shape index (κ1) is 26.2. The van der Waals surface area contributed by atoms with Gasteiger partial charge in [0.15, 0.2) is 12.6 Å². The van der Waals surface area contributed by atoms with Gasteiger partial charge in [0.2, 0.25) is 0 Å². The van der Waals surface area contributed by atoms with E-state index in [0.717, 1.165) is 16.0 Å². The van der Waals surface area contributed by atoms with E-state index in [4.69, 9.17) is 28.4 Å². The van der Waals surface area contributed by atoms with Crippen LogP contribution in [0.3, 0.4) is 0 Å². The van der Waals surface area contributed by atoms with Crippen LogP contribution in [0, 0.1) is 0 Å². The zero-order valence-corrected chi connectivity index (χ0v) is 21.5. The van der Waals surface area contributed by atoms with Crippen LogP contribution in [-0.4, -0.2) is 60.7 Å². The molecule has 7 nitrogen and oxygen atoms in total. The van der Waals surface area contributed by atoms with Crippen molar-refractivity contribution in [3.63, 3.8) is 0 Å². The molecule has 2 heterocycles. The zero-order valence-electron chi connectivity index (χ0n) is 20.7. The molecule has 0 saturated carbocycles. The van der Waals surface area contributed by atoms with Crippen LogP contribution in [0.25, 0.3) is 0 Å². The molecule has 5 rings (SSSR count). The highest BCUT2D eigenvalue weighted by molar-refractivity contribution is 7.85. The van der Waals surface area contributed by atoms with Crippen molar-refractivity contribution < 1.29 is 32.6 Å². The molecule has 0 N–H and O–H groups in total. The van der Waals surface area contributed by atoms with Crippen molar-refractivity contribution in [1.82, 2.24) is 0 Å². The lowest BCUT2D eigenvalue weighted by Crippen LogP contribution is -2.64. The summed E-state index contributed by atoms with van der Waals surface area (Å²) < 4.78 is 49.9. The van der Waals surface area contributed by atoms with Gasteiger partial charge in [0.05, 0.1) is 36.4 Å². The van der Waals surface area contributed by atoms with Crippen molar-refractivity contribution >= 4 is 10.8 Å². The van der Waals surface area contributed by atoms with Gasteiger partial charge in [-0.15, -0.1) is 0 Å². The Balaban J connectivity index is 1.34. The Kier molecular flexibility index (Phi) is 9.12. The van der Waals surface area contributed by atoms with Crippen LogP contribution in [0.1, 0.15) is 11.1 Å². The smallest absolute Gasteiger partial charge is 0.186 e. The van der Waals surface area contributed by atoms with Crippen LogP contribution in [0.5, 0.6) is 0 Å². The second-order valence-electron chi connectivity index (χ2n) is 8.99. The second kappa shape index (κ2) is 12.9. The summed E-state index contributed by atoms with van der Waals surface area (Å²) in [6.45, 7) is 1.02. The Morgan fingerprint density at radius 3 is 1.95 bits per heavy atom. The van der Waals surface area contributed by atoms with Crippen LogP contribution in [0.2, 0.25) is 0 Å². The van der Waals surface area contributed by atoms with Crippen molar-refractivity contribution in [1.29, 1.82) is 0 Å². The maximum Gasteiger partial charge on any atom is 0.186 e. The summed E-state index contributed by atoms with van der Waals surface area (Å²) in [5.41, 5.74) is 2.07. The van der Waals surface area contributed by atoms with Gasteiger partial charge in [0, 0.05) is 12.0 Å². The predicted molar refractivity (Wildman–Crippen MR) is 138 cm³/mol. The molecule has 8 heteroatoms. The maximum atomic E-state index is 12.9. The van der Waals surface area contributed by atoms with Crippen LogP contribution in [-0.2, 0) is 52.4 Å². The van der Waals surface area contributed by atoms with Crippen molar-refractivity contribution in [3.05, 3.63) is 102 Å². The Labute approximate surface area is 220 Å².